The molecule has 0 radical (unpaired) electrons. The van der Waals surface area contributed by atoms with Gasteiger partial charge in [0, 0.05) is 25.6 Å². The van der Waals surface area contributed by atoms with E-state index in [-0.39, 0.29) is 25.0 Å². The van der Waals surface area contributed by atoms with E-state index < -0.39 is 12.0 Å². The molecule has 114 valence electrons. The Balaban J connectivity index is 2.27. The molecular formula is C14H16ClNO5. The van der Waals surface area contributed by atoms with Gasteiger partial charge in [-0.2, -0.15) is 0 Å². The molecule has 1 aliphatic heterocycles. The predicted molar refractivity (Wildman–Crippen MR) is 75.9 cm³/mol. The van der Waals surface area contributed by atoms with E-state index >= 15 is 0 Å². The molecule has 2 unspecified atom stereocenters. The van der Waals surface area contributed by atoms with Crippen LogP contribution in [-0.2, 0) is 9.53 Å². The standard InChI is InChI=1S/C14H16ClNO5/c1-20-9-6-11(14(18)19)16(7-9)13(17)8-3-4-10(15)12(5-8)21-2/h3-5,9,11H,6-7H2,1-2H3,(H,18,19). The van der Waals surface area contributed by atoms with Crippen LogP contribution in [0.25, 0.3) is 0 Å². The fourth-order valence-electron chi connectivity index (χ4n) is 2.39. The Morgan fingerprint density at radius 2 is 2.10 bits per heavy atom. The lowest BCUT2D eigenvalue weighted by atomic mass is 10.1. The number of hydrogen-bond donors (Lipinski definition) is 1. The predicted octanol–water partition coefficient (Wildman–Crippen LogP) is 1.66. The maximum atomic E-state index is 12.5. The molecule has 1 N–H and O–H groups in total. The molecule has 1 fully saturated rings. The molecule has 0 saturated carbocycles. The Bertz CT molecular complexity index is 562. The topological polar surface area (TPSA) is 76.1 Å². The number of carboxylic acids is 1. The molecule has 0 aromatic heterocycles. The quantitative estimate of drug-likeness (QED) is 0.915. The van der Waals surface area contributed by atoms with Gasteiger partial charge in [-0.05, 0) is 18.2 Å². The fourth-order valence-corrected chi connectivity index (χ4v) is 2.58. The van der Waals surface area contributed by atoms with Crippen LogP contribution in [0, 0.1) is 0 Å². The normalized spacial score (nSPS) is 21.4. The second-order valence-electron chi connectivity index (χ2n) is 4.75. The number of ether oxygens (including phenoxy) is 2. The molecule has 1 aromatic carbocycles. The number of carboxylic acid groups (broad SMARTS) is 1. The molecule has 1 saturated heterocycles. The van der Waals surface area contributed by atoms with Gasteiger partial charge in [0.15, 0.2) is 0 Å². The molecule has 21 heavy (non-hydrogen) atoms. The van der Waals surface area contributed by atoms with Gasteiger partial charge >= 0.3 is 5.97 Å². The van der Waals surface area contributed by atoms with Crippen LogP contribution in [0.2, 0.25) is 5.02 Å². The largest absolute Gasteiger partial charge is 0.495 e. The number of amides is 1. The molecule has 1 aliphatic rings. The smallest absolute Gasteiger partial charge is 0.326 e. The summed E-state index contributed by atoms with van der Waals surface area (Å²) in [5.74, 6) is -1.04. The number of halogens is 1. The number of likely N-dealkylation sites (tertiary alicyclic amines) is 1. The second-order valence-corrected chi connectivity index (χ2v) is 5.16. The summed E-state index contributed by atoms with van der Waals surface area (Å²) in [6, 6.07) is 3.72. The first-order valence-electron chi connectivity index (χ1n) is 6.38. The van der Waals surface area contributed by atoms with Gasteiger partial charge in [-0.3, -0.25) is 4.79 Å². The lowest BCUT2D eigenvalue weighted by Crippen LogP contribution is -2.40. The highest BCUT2D eigenvalue weighted by Gasteiger charge is 2.40. The van der Waals surface area contributed by atoms with Crippen molar-refractivity contribution in [3.8, 4) is 5.75 Å². The van der Waals surface area contributed by atoms with E-state index in [2.05, 4.69) is 0 Å². The molecule has 6 nitrogen and oxygen atoms in total. The average Bonchev–Trinajstić information content (AvgIpc) is 2.91. The third-order valence-electron chi connectivity index (χ3n) is 3.54. The maximum Gasteiger partial charge on any atom is 0.326 e. The molecule has 0 aliphatic carbocycles. The van der Waals surface area contributed by atoms with Crippen molar-refractivity contribution in [1.82, 2.24) is 4.90 Å². The first kappa shape index (κ1) is 15.6. The molecule has 2 rings (SSSR count). The van der Waals surface area contributed by atoms with Crippen molar-refractivity contribution < 1.29 is 24.2 Å². The van der Waals surface area contributed by atoms with Crippen molar-refractivity contribution in [3.05, 3.63) is 28.8 Å². The summed E-state index contributed by atoms with van der Waals surface area (Å²) in [6.45, 7) is 0.247. The van der Waals surface area contributed by atoms with Crippen molar-refractivity contribution in [3.63, 3.8) is 0 Å². The third kappa shape index (κ3) is 3.11. The van der Waals surface area contributed by atoms with E-state index in [1.165, 1.54) is 25.2 Å². The number of methoxy groups -OCH3 is 2. The highest BCUT2D eigenvalue weighted by molar-refractivity contribution is 6.32. The van der Waals surface area contributed by atoms with Crippen molar-refractivity contribution in [2.75, 3.05) is 20.8 Å². The molecule has 1 heterocycles. The van der Waals surface area contributed by atoms with Crippen LogP contribution in [0.15, 0.2) is 18.2 Å². The summed E-state index contributed by atoms with van der Waals surface area (Å²) < 4.78 is 10.2. The van der Waals surface area contributed by atoms with Crippen molar-refractivity contribution in [2.45, 2.75) is 18.6 Å². The van der Waals surface area contributed by atoms with Gasteiger partial charge in [0.25, 0.3) is 5.91 Å². The van der Waals surface area contributed by atoms with Crippen LogP contribution >= 0.6 is 11.6 Å². The summed E-state index contributed by atoms with van der Waals surface area (Å²) in [6.07, 6.45) is 0.00621. The van der Waals surface area contributed by atoms with Gasteiger partial charge in [0.1, 0.15) is 11.8 Å². The monoisotopic (exact) mass is 313 g/mol. The van der Waals surface area contributed by atoms with E-state index in [4.69, 9.17) is 21.1 Å². The van der Waals surface area contributed by atoms with Gasteiger partial charge in [-0.25, -0.2) is 4.79 Å². The molecule has 1 aromatic rings. The minimum absolute atomic E-state index is 0.247. The Kier molecular flexibility index (Phi) is 4.69. The van der Waals surface area contributed by atoms with Gasteiger partial charge in [0.2, 0.25) is 0 Å². The third-order valence-corrected chi connectivity index (χ3v) is 3.85. The van der Waals surface area contributed by atoms with E-state index in [0.717, 1.165) is 0 Å². The van der Waals surface area contributed by atoms with Crippen LogP contribution < -0.4 is 4.74 Å². The van der Waals surface area contributed by atoms with Gasteiger partial charge in [-0.1, -0.05) is 11.6 Å². The van der Waals surface area contributed by atoms with E-state index in [9.17, 15) is 14.7 Å². The number of carbonyl (C=O) groups is 2. The van der Waals surface area contributed by atoms with Crippen molar-refractivity contribution in [2.24, 2.45) is 0 Å². The van der Waals surface area contributed by atoms with Gasteiger partial charge < -0.3 is 19.5 Å². The summed E-state index contributed by atoms with van der Waals surface area (Å²) in [5.41, 5.74) is 0.333. The number of rotatable bonds is 4. The zero-order valence-corrected chi connectivity index (χ0v) is 12.5. The zero-order valence-electron chi connectivity index (χ0n) is 11.7. The van der Waals surface area contributed by atoms with Crippen LogP contribution in [0.4, 0.5) is 0 Å². The molecule has 1 amide bonds. The Hall–Kier alpha value is -1.79. The zero-order chi connectivity index (χ0) is 15.6. The summed E-state index contributed by atoms with van der Waals surface area (Å²) in [7, 11) is 2.95. The number of hydrogen-bond acceptors (Lipinski definition) is 4. The van der Waals surface area contributed by atoms with Crippen LogP contribution in [0.1, 0.15) is 16.8 Å². The highest BCUT2D eigenvalue weighted by Crippen LogP contribution is 2.28. The van der Waals surface area contributed by atoms with Crippen LogP contribution in [0.3, 0.4) is 0 Å². The maximum absolute atomic E-state index is 12.5. The average molecular weight is 314 g/mol. The minimum Gasteiger partial charge on any atom is -0.495 e. The number of aliphatic carboxylic acids is 1. The number of benzene rings is 1. The second kappa shape index (κ2) is 6.32. The van der Waals surface area contributed by atoms with E-state index in [0.29, 0.717) is 16.3 Å². The number of nitrogens with zero attached hydrogens (tertiary/aromatic N) is 1. The first-order valence-corrected chi connectivity index (χ1v) is 6.75. The van der Waals surface area contributed by atoms with Crippen LogP contribution in [-0.4, -0.2) is 54.8 Å². The van der Waals surface area contributed by atoms with E-state index in [1.807, 2.05) is 0 Å². The molecule has 0 spiro atoms. The van der Waals surface area contributed by atoms with Crippen LogP contribution in [0.5, 0.6) is 5.75 Å². The fraction of sp³-hybridized carbons (Fsp3) is 0.429. The molecule has 7 heteroatoms. The van der Waals surface area contributed by atoms with Gasteiger partial charge in [-0.15, -0.1) is 0 Å². The highest BCUT2D eigenvalue weighted by atomic mass is 35.5. The lowest BCUT2D eigenvalue weighted by molar-refractivity contribution is -0.141. The Morgan fingerprint density at radius 1 is 1.38 bits per heavy atom. The first-order chi connectivity index (χ1) is 9.97. The summed E-state index contributed by atoms with van der Waals surface area (Å²) in [4.78, 5) is 25.1. The molecule has 2 atom stereocenters. The van der Waals surface area contributed by atoms with Crippen molar-refractivity contribution >= 4 is 23.5 Å². The molecular weight excluding hydrogens is 298 g/mol. The Morgan fingerprint density at radius 3 is 2.67 bits per heavy atom. The summed E-state index contributed by atoms with van der Waals surface area (Å²) in [5, 5.41) is 9.63. The van der Waals surface area contributed by atoms with E-state index in [1.54, 1.807) is 12.1 Å². The SMILES string of the molecule is COc1cc(C(=O)N2CC(OC)CC2C(=O)O)ccc1Cl. The van der Waals surface area contributed by atoms with Gasteiger partial charge in [0.05, 0.1) is 18.2 Å². The lowest BCUT2D eigenvalue weighted by Gasteiger charge is -2.21. The molecule has 0 bridgehead atoms. The number of carbonyl (C=O) groups excluding carboxylic acids is 1. The Labute approximate surface area is 127 Å². The summed E-state index contributed by atoms with van der Waals surface area (Å²) >= 11 is 5.92. The minimum atomic E-state index is -1.04. The van der Waals surface area contributed by atoms with Crippen molar-refractivity contribution in [1.29, 1.82) is 0 Å².